The maximum absolute atomic E-state index is 5.56. The van der Waals surface area contributed by atoms with Crippen molar-refractivity contribution >= 4 is 22.4 Å². The van der Waals surface area contributed by atoms with Gasteiger partial charge in [-0.05, 0) is 30.3 Å². The lowest BCUT2D eigenvalue weighted by molar-refractivity contribution is 0.311. The summed E-state index contributed by atoms with van der Waals surface area (Å²) in [5.74, 6) is 1.90. The minimum absolute atomic E-state index is 0.551. The molecule has 0 amide bonds. The highest BCUT2D eigenvalue weighted by atomic mass is 16.5. The first-order chi connectivity index (χ1) is 10.8. The highest BCUT2D eigenvalue weighted by Gasteiger charge is 2.12. The Hall–Kier alpha value is -2.89. The summed E-state index contributed by atoms with van der Waals surface area (Å²) in [4.78, 5) is 0. The molecule has 1 heterocycles. The summed E-state index contributed by atoms with van der Waals surface area (Å²) < 4.78 is 10.9. The Morgan fingerprint density at radius 2 is 1.86 bits per heavy atom. The van der Waals surface area contributed by atoms with E-state index in [1.807, 2.05) is 49.4 Å². The van der Waals surface area contributed by atoms with Crippen molar-refractivity contribution < 1.29 is 9.47 Å². The number of fused-ring (bicyclic) bond motifs is 1. The fourth-order valence-corrected chi connectivity index (χ4v) is 2.17. The molecule has 1 N–H and O–H groups in total. The Kier molecular flexibility index (Phi) is 4.00. The van der Waals surface area contributed by atoms with Crippen LogP contribution in [0.5, 0.6) is 11.5 Å². The van der Waals surface area contributed by atoms with Crippen molar-refractivity contribution in [3.05, 3.63) is 42.5 Å². The molecule has 0 aliphatic heterocycles. The van der Waals surface area contributed by atoms with Gasteiger partial charge in [0.15, 0.2) is 17.3 Å². The van der Waals surface area contributed by atoms with E-state index < -0.39 is 0 Å². The van der Waals surface area contributed by atoms with Crippen LogP contribution in [0.2, 0.25) is 0 Å². The smallest absolute Gasteiger partial charge is 0.164 e. The van der Waals surface area contributed by atoms with Crippen LogP contribution in [0.1, 0.15) is 6.92 Å². The Bertz CT molecular complexity index is 778. The van der Waals surface area contributed by atoms with Gasteiger partial charge in [0.25, 0.3) is 0 Å². The monoisotopic (exact) mass is 296 g/mol. The maximum Gasteiger partial charge on any atom is 0.164 e. The van der Waals surface area contributed by atoms with Crippen LogP contribution in [-0.4, -0.2) is 29.1 Å². The third-order valence-corrected chi connectivity index (χ3v) is 3.17. The zero-order valence-corrected chi connectivity index (χ0v) is 12.4. The number of benzene rings is 2. The third-order valence-electron chi connectivity index (χ3n) is 3.17. The van der Waals surface area contributed by atoms with Crippen LogP contribution in [0.15, 0.2) is 42.5 Å². The van der Waals surface area contributed by atoms with Crippen LogP contribution >= 0.6 is 0 Å². The zero-order valence-electron chi connectivity index (χ0n) is 12.4. The summed E-state index contributed by atoms with van der Waals surface area (Å²) in [6.07, 6.45) is 0. The average Bonchev–Trinajstić information content (AvgIpc) is 2.56. The molecule has 3 aromatic rings. The van der Waals surface area contributed by atoms with Crippen LogP contribution in [0.25, 0.3) is 10.9 Å². The van der Waals surface area contributed by atoms with Crippen LogP contribution < -0.4 is 14.8 Å². The molecular weight excluding hydrogens is 280 g/mol. The van der Waals surface area contributed by atoms with Crippen molar-refractivity contribution in [1.29, 1.82) is 0 Å². The zero-order chi connectivity index (χ0) is 15.4. The van der Waals surface area contributed by atoms with Crippen molar-refractivity contribution in [2.75, 3.05) is 19.0 Å². The molecule has 0 unspecified atom stereocenters. The van der Waals surface area contributed by atoms with E-state index in [0.717, 1.165) is 11.1 Å². The fourth-order valence-electron chi connectivity index (χ4n) is 2.17. The van der Waals surface area contributed by atoms with Crippen molar-refractivity contribution in [3.63, 3.8) is 0 Å². The Morgan fingerprint density at radius 3 is 2.59 bits per heavy atom. The highest BCUT2D eigenvalue weighted by Crippen LogP contribution is 2.34. The largest absolute Gasteiger partial charge is 0.493 e. The number of anilines is 2. The first-order valence-electron chi connectivity index (χ1n) is 6.97. The molecular formula is C16H16N4O2. The number of hydrogen-bond donors (Lipinski definition) is 1. The van der Waals surface area contributed by atoms with Crippen LogP contribution in [0, 0.1) is 0 Å². The second-order valence-corrected chi connectivity index (χ2v) is 4.58. The standard InChI is InChI=1S/C16H16N4O2/c1-3-22-15-10-13-12(9-14(15)21-2)16(19-20-18-13)17-11-7-5-4-6-8-11/h4-10H,3H2,1-2H3,(H,17,18,19). The number of para-hydroxylation sites is 1. The van der Waals surface area contributed by atoms with E-state index in [1.165, 1.54) is 0 Å². The first kappa shape index (κ1) is 14.1. The maximum atomic E-state index is 5.56. The van der Waals surface area contributed by atoms with E-state index in [4.69, 9.17) is 9.47 Å². The molecule has 22 heavy (non-hydrogen) atoms. The lowest BCUT2D eigenvalue weighted by Gasteiger charge is -2.12. The van der Waals surface area contributed by atoms with Gasteiger partial charge < -0.3 is 14.8 Å². The molecule has 0 aliphatic rings. The predicted octanol–water partition coefficient (Wildman–Crippen LogP) is 3.18. The van der Waals surface area contributed by atoms with Gasteiger partial charge in [-0.3, -0.25) is 0 Å². The number of rotatable bonds is 5. The second-order valence-electron chi connectivity index (χ2n) is 4.58. The van der Waals surface area contributed by atoms with Gasteiger partial charge in [0.05, 0.1) is 19.1 Å². The number of methoxy groups -OCH3 is 1. The molecule has 6 heteroatoms. The Balaban J connectivity index is 2.07. The Morgan fingerprint density at radius 1 is 1.05 bits per heavy atom. The SMILES string of the molecule is CCOc1cc2nnnc(Nc3ccccc3)c2cc1OC. The summed E-state index contributed by atoms with van der Waals surface area (Å²) >= 11 is 0. The number of hydrogen-bond acceptors (Lipinski definition) is 6. The molecule has 0 saturated carbocycles. The van der Waals surface area contributed by atoms with Crippen molar-refractivity contribution in [2.45, 2.75) is 6.92 Å². The summed E-state index contributed by atoms with van der Waals surface area (Å²) in [6, 6.07) is 13.4. The van der Waals surface area contributed by atoms with E-state index in [1.54, 1.807) is 7.11 Å². The predicted molar refractivity (Wildman–Crippen MR) is 84.8 cm³/mol. The van der Waals surface area contributed by atoms with Gasteiger partial charge in [-0.15, -0.1) is 10.2 Å². The molecule has 3 rings (SSSR count). The van der Waals surface area contributed by atoms with Crippen LogP contribution in [0.3, 0.4) is 0 Å². The molecule has 0 radical (unpaired) electrons. The molecule has 0 saturated heterocycles. The van der Waals surface area contributed by atoms with Gasteiger partial charge in [0.1, 0.15) is 5.52 Å². The van der Waals surface area contributed by atoms with E-state index in [2.05, 4.69) is 20.7 Å². The van der Waals surface area contributed by atoms with Crippen LogP contribution in [0.4, 0.5) is 11.5 Å². The molecule has 0 aliphatic carbocycles. The Labute approximate surface area is 128 Å². The van der Waals surface area contributed by atoms with Crippen molar-refractivity contribution in [2.24, 2.45) is 0 Å². The molecule has 0 atom stereocenters. The van der Waals surface area contributed by atoms with Gasteiger partial charge in [0, 0.05) is 11.8 Å². The summed E-state index contributed by atoms with van der Waals surface area (Å²) in [6.45, 7) is 2.47. The number of ether oxygens (including phenoxy) is 2. The van der Waals surface area contributed by atoms with E-state index in [-0.39, 0.29) is 0 Å². The number of nitrogens with one attached hydrogen (secondary N) is 1. The van der Waals surface area contributed by atoms with E-state index in [9.17, 15) is 0 Å². The topological polar surface area (TPSA) is 69.2 Å². The molecule has 0 spiro atoms. The van der Waals surface area contributed by atoms with Gasteiger partial charge in [-0.2, -0.15) is 0 Å². The molecule has 6 nitrogen and oxygen atoms in total. The number of aromatic nitrogens is 3. The highest BCUT2D eigenvalue weighted by molar-refractivity contribution is 5.92. The molecule has 0 bridgehead atoms. The van der Waals surface area contributed by atoms with Gasteiger partial charge in [0.2, 0.25) is 0 Å². The average molecular weight is 296 g/mol. The van der Waals surface area contributed by atoms with E-state index in [0.29, 0.717) is 29.4 Å². The summed E-state index contributed by atoms with van der Waals surface area (Å²) in [5.41, 5.74) is 1.62. The number of nitrogens with zero attached hydrogens (tertiary/aromatic N) is 3. The van der Waals surface area contributed by atoms with Crippen molar-refractivity contribution in [3.8, 4) is 11.5 Å². The van der Waals surface area contributed by atoms with Crippen molar-refractivity contribution in [1.82, 2.24) is 15.4 Å². The van der Waals surface area contributed by atoms with Crippen LogP contribution in [-0.2, 0) is 0 Å². The molecule has 112 valence electrons. The van der Waals surface area contributed by atoms with Gasteiger partial charge in [-0.25, -0.2) is 0 Å². The molecule has 2 aromatic carbocycles. The lowest BCUT2D eigenvalue weighted by atomic mass is 10.2. The minimum atomic E-state index is 0.551. The third kappa shape index (κ3) is 2.76. The normalized spacial score (nSPS) is 10.5. The molecule has 0 fully saturated rings. The second kappa shape index (κ2) is 6.26. The van der Waals surface area contributed by atoms with Gasteiger partial charge >= 0.3 is 0 Å². The fraction of sp³-hybridized carbons (Fsp3) is 0.188. The summed E-state index contributed by atoms with van der Waals surface area (Å²) in [7, 11) is 1.61. The van der Waals surface area contributed by atoms with E-state index >= 15 is 0 Å². The van der Waals surface area contributed by atoms with Gasteiger partial charge in [-0.1, -0.05) is 18.2 Å². The quantitative estimate of drug-likeness (QED) is 0.780. The lowest BCUT2D eigenvalue weighted by Crippen LogP contribution is -2.01. The summed E-state index contributed by atoms with van der Waals surface area (Å²) in [5, 5.41) is 16.0. The first-order valence-corrected chi connectivity index (χ1v) is 6.97. The minimum Gasteiger partial charge on any atom is -0.493 e. The molecule has 1 aromatic heterocycles.